The van der Waals surface area contributed by atoms with Gasteiger partial charge < -0.3 is 20.1 Å². The predicted octanol–water partition coefficient (Wildman–Crippen LogP) is 3.93. The molecule has 8 nitrogen and oxygen atoms in total. The number of methoxy groups -OCH3 is 1. The topological polar surface area (TPSA) is 94.5 Å². The summed E-state index contributed by atoms with van der Waals surface area (Å²) in [7, 11) is 1.60. The lowest BCUT2D eigenvalue weighted by Gasteiger charge is -2.13. The van der Waals surface area contributed by atoms with Crippen molar-refractivity contribution in [2.75, 3.05) is 24.4 Å². The highest BCUT2D eigenvalue weighted by atomic mass is 16.5. The number of fused-ring (bicyclic) bond motifs is 1. The van der Waals surface area contributed by atoms with Gasteiger partial charge in [0.15, 0.2) is 0 Å². The molecule has 0 saturated heterocycles. The van der Waals surface area contributed by atoms with Gasteiger partial charge in [-0.25, -0.2) is 4.68 Å². The lowest BCUT2D eigenvalue weighted by Crippen LogP contribution is -2.24. The van der Waals surface area contributed by atoms with Crippen LogP contribution in [0.25, 0.3) is 11.1 Å². The molecule has 1 unspecified atom stereocenters. The number of aryl methyl sites for hydroxylation is 1. The third kappa shape index (κ3) is 4.22. The molecule has 2 amide bonds. The number of rotatable bonds is 8. The second-order valence-corrected chi connectivity index (χ2v) is 7.60. The van der Waals surface area contributed by atoms with Crippen molar-refractivity contribution in [2.24, 2.45) is 0 Å². The molecule has 166 valence electrons. The summed E-state index contributed by atoms with van der Waals surface area (Å²) in [6.45, 7) is 4.67. The number of ether oxygens (including phenoxy) is 2. The average Bonchev–Trinajstić information content (AvgIpc) is 3.26. The Balaban J connectivity index is 1.60. The molecule has 2 heterocycles. The summed E-state index contributed by atoms with van der Waals surface area (Å²) in [6.07, 6.45) is -0.0548. The van der Waals surface area contributed by atoms with Gasteiger partial charge in [-0.1, -0.05) is 42.0 Å². The van der Waals surface area contributed by atoms with Gasteiger partial charge in [0.1, 0.15) is 17.6 Å². The molecule has 0 fully saturated rings. The maximum Gasteiger partial charge on any atom is 0.251 e. The zero-order chi connectivity index (χ0) is 22.7. The number of aromatic nitrogens is 2. The summed E-state index contributed by atoms with van der Waals surface area (Å²) in [5.41, 5.74) is 4.15. The molecule has 2 N–H and O–H groups in total. The summed E-state index contributed by atoms with van der Waals surface area (Å²) in [5.74, 6) is 0.602. The predicted molar refractivity (Wildman–Crippen MR) is 122 cm³/mol. The van der Waals surface area contributed by atoms with Gasteiger partial charge in [0.25, 0.3) is 5.91 Å². The molecule has 2 aromatic carbocycles. The van der Waals surface area contributed by atoms with Crippen molar-refractivity contribution >= 4 is 23.3 Å². The fourth-order valence-corrected chi connectivity index (χ4v) is 3.81. The number of nitrogens with zero attached hydrogens (tertiary/aromatic N) is 2. The van der Waals surface area contributed by atoms with Crippen molar-refractivity contribution in [1.82, 2.24) is 9.78 Å². The lowest BCUT2D eigenvalue weighted by molar-refractivity contribution is -0.123. The third-order valence-corrected chi connectivity index (χ3v) is 5.28. The molecule has 4 rings (SSSR count). The van der Waals surface area contributed by atoms with Crippen molar-refractivity contribution in [1.29, 1.82) is 0 Å². The SMILES string of the molecule is CCOc1ccccc1NC(=O)CC1C(=O)Nc2c(-c3ccc(C)cc3)c(COC)nn21. The first-order valence-corrected chi connectivity index (χ1v) is 10.5. The molecular weight excluding hydrogens is 408 g/mol. The minimum absolute atomic E-state index is 0.0548. The Morgan fingerprint density at radius 2 is 1.94 bits per heavy atom. The van der Waals surface area contributed by atoms with Crippen LogP contribution in [0, 0.1) is 6.92 Å². The van der Waals surface area contributed by atoms with E-state index in [-0.39, 0.29) is 18.2 Å². The van der Waals surface area contributed by atoms with Crippen LogP contribution < -0.4 is 15.4 Å². The molecule has 1 aromatic heterocycles. The van der Waals surface area contributed by atoms with Crippen molar-refractivity contribution in [3.8, 4) is 16.9 Å². The van der Waals surface area contributed by atoms with E-state index in [2.05, 4.69) is 15.7 Å². The van der Waals surface area contributed by atoms with Gasteiger partial charge >= 0.3 is 0 Å². The van der Waals surface area contributed by atoms with Crippen LogP contribution in [0.15, 0.2) is 48.5 Å². The van der Waals surface area contributed by atoms with E-state index < -0.39 is 6.04 Å². The maximum atomic E-state index is 12.8. The van der Waals surface area contributed by atoms with Crippen LogP contribution in [0.3, 0.4) is 0 Å². The summed E-state index contributed by atoms with van der Waals surface area (Å²) >= 11 is 0. The molecule has 0 saturated carbocycles. The smallest absolute Gasteiger partial charge is 0.251 e. The summed E-state index contributed by atoms with van der Waals surface area (Å²) in [4.78, 5) is 25.5. The lowest BCUT2D eigenvalue weighted by atomic mass is 10.0. The van der Waals surface area contributed by atoms with Crippen molar-refractivity contribution in [3.63, 3.8) is 0 Å². The van der Waals surface area contributed by atoms with E-state index in [0.717, 1.165) is 16.7 Å². The van der Waals surface area contributed by atoms with Crippen LogP contribution in [0.5, 0.6) is 5.75 Å². The summed E-state index contributed by atoms with van der Waals surface area (Å²) in [6, 6.07) is 14.5. The first kappa shape index (κ1) is 21.6. The van der Waals surface area contributed by atoms with Gasteiger partial charge in [-0.05, 0) is 31.5 Å². The van der Waals surface area contributed by atoms with Crippen LogP contribution in [0.4, 0.5) is 11.5 Å². The fraction of sp³-hybridized carbons (Fsp3) is 0.292. The van der Waals surface area contributed by atoms with Crippen LogP contribution >= 0.6 is 0 Å². The highest BCUT2D eigenvalue weighted by Gasteiger charge is 2.37. The minimum atomic E-state index is -0.751. The Bertz CT molecular complexity index is 1140. The fourth-order valence-electron chi connectivity index (χ4n) is 3.81. The second kappa shape index (κ2) is 9.23. The second-order valence-electron chi connectivity index (χ2n) is 7.60. The Morgan fingerprint density at radius 3 is 2.66 bits per heavy atom. The standard InChI is InChI=1S/C24H26N4O4/c1-4-32-20-8-6-5-7-17(20)25-21(29)13-19-24(30)26-23-22(16-11-9-15(2)10-12-16)18(14-31-3)27-28(19)23/h5-12,19H,4,13-14H2,1-3H3,(H,25,29)(H,26,30). The number of nitrogens with one attached hydrogen (secondary N) is 2. The molecule has 8 heteroatoms. The van der Waals surface area contributed by atoms with E-state index in [0.29, 0.717) is 36.2 Å². The largest absolute Gasteiger partial charge is 0.492 e. The number of hydrogen-bond donors (Lipinski definition) is 2. The van der Waals surface area contributed by atoms with E-state index in [1.165, 1.54) is 0 Å². The number of benzene rings is 2. The number of carbonyl (C=O) groups excluding carboxylic acids is 2. The Morgan fingerprint density at radius 1 is 1.19 bits per heavy atom. The summed E-state index contributed by atoms with van der Waals surface area (Å²) in [5, 5.41) is 10.4. The molecule has 1 aliphatic rings. The molecule has 0 radical (unpaired) electrons. The van der Waals surface area contributed by atoms with Crippen molar-refractivity contribution in [3.05, 3.63) is 59.8 Å². The Kier molecular flexibility index (Phi) is 6.23. The number of amides is 2. The van der Waals surface area contributed by atoms with Crippen molar-refractivity contribution in [2.45, 2.75) is 32.9 Å². The van der Waals surface area contributed by atoms with E-state index in [1.54, 1.807) is 23.9 Å². The quantitative estimate of drug-likeness (QED) is 0.560. The Labute approximate surface area is 186 Å². The third-order valence-electron chi connectivity index (χ3n) is 5.28. The van der Waals surface area contributed by atoms with Gasteiger partial charge in [-0.15, -0.1) is 0 Å². The molecule has 0 aliphatic carbocycles. The molecule has 1 aliphatic heterocycles. The van der Waals surface area contributed by atoms with Gasteiger partial charge in [-0.2, -0.15) is 5.10 Å². The molecule has 3 aromatic rings. The van der Waals surface area contributed by atoms with Gasteiger partial charge in [0.2, 0.25) is 5.91 Å². The molecule has 1 atom stereocenters. The van der Waals surface area contributed by atoms with E-state index in [9.17, 15) is 9.59 Å². The van der Waals surface area contributed by atoms with Crippen LogP contribution in [0.1, 0.15) is 30.6 Å². The zero-order valence-corrected chi connectivity index (χ0v) is 18.3. The molecule has 0 bridgehead atoms. The number of anilines is 2. The number of para-hydroxylation sites is 2. The molecular formula is C24H26N4O4. The first-order valence-electron chi connectivity index (χ1n) is 10.5. The summed E-state index contributed by atoms with van der Waals surface area (Å²) < 4.78 is 12.5. The minimum Gasteiger partial charge on any atom is -0.492 e. The highest BCUT2D eigenvalue weighted by Crippen LogP contribution is 2.39. The highest BCUT2D eigenvalue weighted by molar-refractivity contribution is 6.04. The normalized spacial score (nSPS) is 14.7. The zero-order valence-electron chi connectivity index (χ0n) is 18.3. The number of carbonyl (C=O) groups is 2. The van der Waals surface area contributed by atoms with Gasteiger partial charge in [0.05, 0.1) is 31.0 Å². The van der Waals surface area contributed by atoms with Gasteiger partial charge in [0, 0.05) is 12.7 Å². The van der Waals surface area contributed by atoms with Crippen molar-refractivity contribution < 1.29 is 19.1 Å². The molecule has 32 heavy (non-hydrogen) atoms. The van der Waals surface area contributed by atoms with Crippen LogP contribution in [-0.2, 0) is 20.9 Å². The van der Waals surface area contributed by atoms with E-state index in [4.69, 9.17) is 9.47 Å². The number of hydrogen-bond acceptors (Lipinski definition) is 5. The Hall–Kier alpha value is -3.65. The maximum absolute atomic E-state index is 12.8. The van der Waals surface area contributed by atoms with E-state index in [1.807, 2.05) is 50.2 Å². The van der Waals surface area contributed by atoms with Gasteiger partial charge in [-0.3, -0.25) is 9.59 Å². The molecule has 0 spiro atoms. The van der Waals surface area contributed by atoms with E-state index >= 15 is 0 Å². The monoisotopic (exact) mass is 434 g/mol. The average molecular weight is 434 g/mol. The first-order chi connectivity index (χ1) is 15.5. The van der Waals surface area contributed by atoms with Crippen LogP contribution in [0.2, 0.25) is 0 Å². The van der Waals surface area contributed by atoms with Crippen LogP contribution in [-0.4, -0.2) is 35.3 Å².